The molecule has 0 amide bonds. The molecule has 0 N–H and O–H groups in total. The van der Waals surface area contributed by atoms with Crippen molar-refractivity contribution >= 4 is 27.8 Å². The molecule has 8 heteroatoms. The first-order chi connectivity index (χ1) is 10.5. The van der Waals surface area contributed by atoms with Gasteiger partial charge in [0.1, 0.15) is 4.90 Å². The van der Waals surface area contributed by atoms with Crippen LogP contribution in [0.1, 0.15) is 25.7 Å². The van der Waals surface area contributed by atoms with E-state index >= 15 is 0 Å². The lowest BCUT2D eigenvalue weighted by atomic mass is 10.2. The molecule has 1 aliphatic rings. The maximum atomic E-state index is 12.6. The molecule has 22 heavy (non-hydrogen) atoms. The van der Waals surface area contributed by atoms with Gasteiger partial charge in [0.15, 0.2) is 0 Å². The summed E-state index contributed by atoms with van der Waals surface area (Å²) in [7, 11) is -2.14. The number of thioether (sulfide) groups is 1. The lowest BCUT2D eigenvalue weighted by Crippen LogP contribution is -2.32. The summed E-state index contributed by atoms with van der Waals surface area (Å²) in [6.07, 6.45) is 5.32. The predicted molar refractivity (Wildman–Crippen MR) is 84.2 cm³/mol. The minimum Gasteiger partial charge on any atom is -0.468 e. The molecule has 6 nitrogen and oxygen atoms in total. The number of hydrogen-bond acceptors (Lipinski definition) is 6. The van der Waals surface area contributed by atoms with Crippen molar-refractivity contribution in [1.29, 1.82) is 0 Å². The van der Waals surface area contributed by atoms with Gasteiger partial charge in [0.2, 0.25) is 10.0 Å². The third-order valence-corrected chi connectivity index (χ3v) is 6.28. The normalized spacial score (nSPS) is 17.0. The first kappa shape index (κ1) is 17.2. The molecule has 0 atom stereocenters. The van der Waals surface area contributed by atoms with Gasteiger partial charge in [-0.25, -0.2) is 13.4 Å². The molecule has 0 aromatic carbocycles. The van der Waals surface area contributed by atoms with Gasteiger partial charge in [-0.15, -0.1) is 0 Å². The minimum absolute atomic E-state index is 0.154. The number of rotatable bonds is 5. The third-order valence-electron chi connectivity index (χ3n) is 3.48. The van der Waals surface area contributed by atoms with Crippen molar-refractivity contribution in [3.63, 3.8) is 0 Å². The molecule has 0 saturated carbocycles. The molecule has 0 aliphatic carbocycles. The van der Waals surface area contributed by atoms with Crippen molar-refractivity contribution in [2.24, 2.45) is 0 Å². The number of sulfonamides is 1. The summed E-state index contributed by atoms with van der Waals surface area (Å²) < 4.78 is 31.2. The zero-order valence-electron chi connectivity index (χ0n) is 12.5. The maximum absolute atomic E-state index is 12.6. The van der Waals surface area contributed by atoms with E-state index in [1.807, 2.05) is 0 Å². The van der Waals surface area contributed by atoms with E-state index in [0.29, 0.717) is 18.1 Å². The van der Waals surface area contributed by atoms with Crippen LogP contribution in [0.25, 0.3) is 0 Å². The molecule has 1 aromatic heterocycles. The summed E-state index contributed by atoms with van der Waals surface area (Å²) >= 11 is 1.22. The molecule has 1 fully saturated rings. The van der Waals surface area contributed by atoms with Crippen LogP contribution < -0.4 is 0 Å². The quantitative estimate of drug-likeness (QED) is 0.600. The Kier molecular flexibility index (Phi) is 6.22. The highest BCUT2D eigenvalue weighted by Gasteiger charge is 2.25. The molecule has 0 unspecified atom stereocenters. The highest BCUT2D eigenvalue weighted by molar-refractivity contribution is 7.99. The molecular weight excluding hydrogens is 324 g/mol. The first-order valence-corrected chi connectivity index (χ1v) is 9.62. The molecule has 0 bridgehead atoms. The number of methoxy groups -OCH3 is 1. The summed E-state index contributed by atoms with van der Waals surface area (Å²) in [4.78, 5) is 15.4. The molecular formula is C14H20N2O4S2. The smallest absolute Gasteiger partial charge is 0.316 e. The summed E-state index contributed by atoms with van der Waals surface area (Å²) in [6.45, 7) is 1.14. The van der Waals surface area contributed by atoms with Crippen LogP contribution in [-0.2, 0) is 19.6 Å². The largest absolute Gasteiger partial charge is 0.468 e. The summed E-state index contributed by atoms with van der Waals surface area (Å²) in [5.74, 6) is -0.185. The van der Waals surface area contributed by atoms with Crippen LogP contribution >= 0.6 is 11.8 Å². The van der Waals surface area contributed by atoms with E-state index in [9.17, 15) is 13.2 Å². The average molecular weight is 344 g/mol. The van der Waals surface area contributed by atoms with Gasteiger partial charge in [-0.3, -0.25) is 4.79 Å². The lowest BCUT2D eigenvalue weighted by molar-refractivity contribution is -0.137. The Bertz CT molecular complexity index is 594. The Morgan fingerprint density at radius 1 is 1.27 bits per heavy atom. The zero-order chi connectivity index (χ0) is 16.0. The molecule has 0 spiro atoms. The van der Waals surface area contributed by atoms with Gasteiger partial charge in [-0.1, -0.05) is 24.6 Å². The molecule has 0 radical (unpaired) electrons. The van der Waals surface area contributed by atoms with Crippen LogP contribution in [0.5, 0.6) is 0 Å². The number of carbonyl (C=O) groups excluding carboxylic acids is 1. The van der Waals surface area contributed by atoms with Crippen molar-refractivity contribution in [3.8, 4) is 0 Å². The van der Waals surface area contributed by atoms with E-state index < -0.39 is 10.0 Å². The SMILES string of the molecule is COC(=O)CSc1ccc(S(=O)(=O)N2CCCCCC2)cn1. The van der Waals surface area contributed by atoms with Crippen LogP contribution in [-0.4, -0.2) is 49.6 Å². The fourth-order valence-electron chi connectivity index (χ4n) is 2.23. The molecule has 2 heterocycles. The van der Waals surface area contributed by atoms with Crippen LogP contribution in [0.15, 0.2) is 28.3 Å². The monoisotopic (exact) mass is 344 g/mol. The zero-order valence-corrected chi connectivity index (χ0v) is 14.2. The Hall–Kier alpha value is -1.12. The van der Waals surface area contributed by atoms with Gasteiger partial charge in [0.05, 0.1) is 17.9 Å². The topological polar surface area (TPSA) is 76.6 Å². The molecule has 1 saturated heterocycles. The van der Waals surface area contributed by atoms with Gasteiger partial charge in [0, 0.05) is 19.3 Å². The number of carbonyl (C=O) groups is 1. The molecule has 1 aliphatic heterocycles. The second-order valence-electron chi connectivity index (χ2n) is 5.02. The molecule has 122 valence electrons. The Morgan fingerprint density at radius 3 is 2.50 bits per heavy atom. The van der Waals surface area contributed by atoms with E-state index in [1.165, 1.54) is 29.4 Å². The third kappa shape index (κ3) is 4.44. The Labute approximate surface area is 135 Å². The van der Waals surface area contributed by atoms with Crippen molar-refractivity contribution < 1.29 is 17.9 Å². The number of nitrogens with zero attached hydrogens (tertiary/aromatic N) is 2. The van der Waals surface area contributed by atoms with Crippen molar-refractivity contribution in [2.45, 2.75) is 35.6 Å². The van der Waals surface area contributed by atoms with E-state index in [2.05, 4.69) is 9.72 Å². The first-order valence-electron chi connectivity index (χ1n) is 7.20. The second-order valence-corrected chi connectivity index (χ2v) is 7.95. The van der Waals surface area contributed by atoms with Gasteiger partial charge >= 0.3 is 5.97 Å². The summed E-state index contributed by atoms with van der Waals surface area (Å²) in [6, 6.07) is 3.17. The molecule has 2 rings (SSSR count). The van der Waals surface area contributed by atoms with Crippen molar-refractivity contribution in [2.75, 3.05) is 26.0 Å². The number of ether oxygens (including phenoxy) is 1. The number of hydrogen-bond donors (Lipinski definition) is 0. The van der Waals surface area contributed by atoms with Crippen LogP contribution in [0, 0.1) is 0 Å². The van der Waals surface area contributed by atoms with E-state index in [4.69, 9.17) is 0 Å². The number of pyridine rings is 1. The van der Waals surface area contributed by atoms with E-state index in [0.717, 1.165) is 25.7 Å². The van der Waals surface area contributed by atoms with Crippen LogP contribution in [0.3, 0.4) is 0 Å². The van der Waals surface area contributed by atoms with Crippen molar-refractivity contribution in [3.05, 3.63) is 18.3 Å². The van der Waals surface area contributed by atoms with Crippen molar-refractivity contribution in [1.82, 2.24) is 9.29 Å². The van der Waals surface area contributed by atoms with Crippen LogP contribution in [0.2, 0.25) is 0 Å². The minimum atomic E-state index is -3.47. The highest BCUT2D eigenvalue weighted by atomic mass is 32.2. The standard InChI is InChI=1S/C14H20N2O4S2/c1-20-14(17)11-21-13-7-6-12(10-15-13)22(18,19)16-8-4-2-3-5-9-16/h6-7,10H,2-5,8-9,11H2,1H3. The second kappa shape index (κ2) is 7.94. The summed E-state index contributed by atoms with van der Waals surface area (Å²) in [5, 5.41) is 0.597. The lowest BCUT2D eigenvalue weighted by Gasteiger charge is -2.19. The number of esters is 1. The Balaban J connectivity index is 2.06. The number of aromatic nitrogens is 1. The fraction of sp³-hybridized carbons (Fsp3) is 0.571. The van der Waals surface area contributed by atoms with E-state index in [1.54, 1.807) is 12.1 Å². The molecule has 1 aromatic rings. The fourth-order valence-corrected chi connectivity index (χ4v) is 4.37. The summed E-state index contributed by atoms with van der Waals surface area (Å²) in [5.41, 5.74) is 0. The highest BCUT2D eigenvalue weighted by Crippen LogP contribution is 2.22. The van der Waals surface area contributed by atoms with Crippen LogP contribution in [0.4, 0.5) is 0 Å². The van der Waals surface area contributed by atoms with Gasteiger partial charge < -0.3 is 4.74 Å². The predicted octanol–water partition coefficient (Wildman–Crippen LogP) is 1.91. The van der Waals surface area contributed by atoms with Gasteiger partial charge in [-0.05, 0) is 25.0 Å². The van der Waals surface area contributed by atoms with Gasteiger partial charge in [-0.2, -0.15) is 4.31 Å². The van der Waals surface area contributed by atoms with E-state index in [-0.39, 0.29) is 16.6 Å². The Morgan fingerprint density at radius 2 is 1.95 bits per heavy atom. The van der Waals surface area contributed by atoms with Gasteiger partial charge in [0.25, 0.3) is 0 Å². The average Bonchev–Trinajstić information content (AvgIpc) is 2.82. The maximum Gasteiger partial charge on any atom is 0.316 e.